The van der Waals surface area contributed by atoms with Crippen LogP contribution in [0.15, 0.2) is 36.7 Å². The first-order valence-corrected chi connectivity index (χ1v) is 8.14. The van der Waals surface area contributed by atoms with Gasteiger partial charge in [-0.05, 0) is 38.0 Å². The summed E-state index contributed by atoms with van der Waals surface area (Å²) in [6.07, 6.45) is 3.49. The van der Waals surface area contributed by atoms with Crippen LogP contribution < -0.4 is 10.2 Å². The highest BCUT2D eigenvalue weighted by molar-refractivity contribution is 5.67. The average Bonchev–Trinajstić information content (AvgIpc) is 3.05. The molecule has 1 fully saturated rings. The summed E-state index contributed by atoms with van der Waals surface area (Å²) in [5.74, 6) is -0.154. The fourth-order valence-electron chi connectivity index (χ4n) is 3.25. The van der Waals surface area contributed by atoms with Crippen molar-refractivity contribution in [3.8, 4) is 0 Å². The van der Waals surface area contributed by atoms with Gasteiger partial charge in [0.05, 0.1) is 17.1 Å². The number of aryl methyl sites for hydroxylation is 1. The summed E-state index contributed by atoms with van der Waals surface area (Å²) in [5, 5.41) is 16.0. The van der Waals surface area contributed by atoms with Gasteiger partial charge in [-0.25, -0.2) is 4.39 Å². The molecule has 0 atom stereocenters. The second-order valence-corrected chi connectivity index (χ2v) is 6.16. The number of nitrogens with one attached hydrogen (secondary N) is 1. The van der Waals surface area contributed by atoms with E-state index in [1.165, 1.54) is 6.07 Å². The molecule has 3 heterocycles. The number of hydrogen-bond acceptors (Lipinski definition) is 5. The zero-order valence-electron chi connectivity index (χ0n) is 13.5. The Balaban J connectivity index is 1.46. The van der Waals surface area contributed by atoms with Crippen LogP contribution in [0.5, 0.6) is 0 Å². The van der Waals surface area contributed by atoms with Crippen LogP contribution in [0.3, 0.4) is 0 Å². The van der Waals surface area contributed by atoms with Crippen molar-refractivity contribution in [3.05, 3.63) is 48.2 Å². The number of piperidine rings is 1. The molecule has 7 heteroatoms. The number of para-hydroxylation sites is 1. The molecule has 124 valence electrons. The summed E-state index contributed by atoms with van der Waals surface area (Å²) in [4.78, 5) is 2.11. The van der Waals surface area contributed by atoms with Crippen molar-refractivity contribution in [1.82, 2.24) is 19.8 Å². The molecule has 1 saturated heterocycles. The SMILES string of the molecule is Cc1cc(NC2CCN(c3ccccc3F)CC2)c2nncn2n1. The van der Waals surface area contributed by atoms with E-state index in [0.29, 0.717) is 11.7 Å². The Morgan fingerprint density at radius 2 is 2.00 bits per heavy atom. The van der Waals surface area contributed by atoms with Crippen LogP contribution in [0.4, 0.5) is 15.8 Å². The molecule has 0 amide bonds. The number of fused-ring (bicyclic) bond motifs is 1. The van der Waals surface area contributed by atoms with Crippen LogP contribution in [0.2, 0.25) is 0 Å². The lowest BCUT2D eigenvalue weighted by molar-refractivity contribution is 0.516. The van der Waals surface area contributed by atoms with Gasteiger partial charge in [-0.1, -0.05) is 12.1 Å². The summed E-state index contributed by atoms with van der Waals surface area (Å²) < 4.78 is 15.6. The molecule has 0 unspecified atom stereocenters. The molecule has 1 aromatic carbocycles. The molecule has 4 rings (SSSR count). The summed E-state index contributed by atoms with van der Waals surface area (Å²) in [7, 11) is 0. The van der Waals surface area contributed by atoms with Gasteiger partial charge in [-0.15, -0.1) is 10.2 Å². The maximum atomic E-state index is 13.9. The fraction of sp³-hybridized carbons (Fsp3) is 0.353. The zero-order chi connectivity index (χ0) is 16.5. The summed E-state index contributed by atoms with van der Waals surface area (Å²) in [6.45, 7) is 3.60. The molecule has 1 N–H and O–H groups in total. The number of halogens is 1. The highest BCUT2D eigenvalue weighted by Gasteiger charge is 2.22. The molecule has 24 heavy (non-hydrogen) atoms. The van der Waals surface area contributed by atoms with Gasteiger partial charge in [0.1, 0.15) is 12.1 Å². The quantitative estimate of drug-likeness (QED) is 0.802. The highest BCUT2D eigenvalue weighted by Crippen LogP contribution is 2.25. The van der Waals surface area contributed by atoms with E-state index in [-0.39, 0.29) is 5.82 Å². The minimum Gasteiger partial charge on any atom is -0.379 e. The Hall–Kier alpha value is -2.70. The molecule has 0 saturated carbocycles. The standard InChI is InChI=1S/C17H19FN6/c1-12-10-15(17-21-19-11-24(17)22-12)20-13-6-8-23(9-7-13)16-5-3-2-4-14(16)18/h2-5,10-11,13,20H,6-9H2,1H3. The molecule has 0 radical (unpaired) electrons. The first-order chi connectivity index (χ1) is 11.7. The van der Waals surface area contributed by atoms with Gasteiger partial charge in [0.15, 0.2) is 0 Å². The molecule has 2 aromatic heterocycles. The molecule has 1 aliphatic heterocycles. The predicted molar refractivity (Wildman–Crippen MR) is 90.8 cm³/mol. The van der Waals surface area contributed by atoms with E-state index in [0.717, 1.165) is 43.0 Å². The van der Waals surface area contributed by atoms with E-state index in [1.54, 1.807) is 16.9 Å². The lowest BCUT2D eigenvalue weighted by atomic mass is 10.0. The van der Waals surface area contributed by atoms with Gasteiger partial charge in [0.2, 0.25) is 5.65 Å². The minimum absolute atomic E-state index is 0.154. The van der Waals surface area contributed by atoms with Gasteiger partial charge in [-0.3, -0.25) is 0 Å². The van der Waals surface area contributed by atoms with Gasteiger partial charge >= 0.3 is 0 Å². The Morgan fingerprint density at radius 1 is 1.21 bits per heavy atom. The molecule has 0 bridgehead atoms. The molecule has 0 aliphatic carbocycles. The molecule has 1 aliphatic rings. The van der Waals surface area contributed by atoms with Crippen LogP contribution in [0.1, 0.15) is 18.5 Å². The van der Waals surface area contributed by atoms with Crippen molar-refractivity contribution in [1.29, 1.82) is 0 Å². The van der Waals surface area contributed by atoms with Gasteiger partial charge < -0.3 is 10.2 Å². The number of rotatable bonds is 3. The Kier molecular flexibility index (Phi) is 3.76. The van der Waals surface area contributed by atoms with Crippen LogP contribution >= 0.6 is 0 Å². The van der Waals surface area contributed by atoms with E-state index in [9.17, 15) is 4.39 Å². The molecule has 3 aromatic rings. The van der Waals surface area contributed by atoms with E-state index < -0.39 is 0 Å². The maximum absolute atomic E-state index is 13.9. The lowest BCUT2D eigenvalue weighted by Gasteiger charge is -2.34. The van der Waals surface area contributed by atoms with E-state index in [2.05, 4.69) is 25.5 Å². The van der Waals surface area contributed by atoms with Gasteiger partial charge in [-0.2, -0.15) is 9.61 Å². The van der Waals surface area contributed by atoms with Crippen molar-refractivity contribution in [2.75, 3.05) is 23.3 Å². The molecular formula is C17H19FN6. The molecule has 0 spiro atoms. The number of hydrogen-bond donors (Lipinski definition) is 1. The van der Waals surface area contributed by atoms with Crippen molar-refractivity contribution in [2.45, 2.75) is 25.8 Å². The summed E-state index contributed by atoms with van der Waals surface area (Å²) >= 11 is 0. The summed E-state index contributed by atoms with van der Waals surface area (Å²) in [6, 6.07) is 9.28. The second-order valence-electron chi connectivity index (χ2n) is 6.16. The monoisotopic (exact) mass is 326 g/mol. The molecule has 6 nitrogen and oxygen atoms in total. The van der Waals surface area contributed by atoms with Crippen LogP contribution in [0.25, 0.3) is 5.65 Å². The first kappa shape index (κ1) is 14.9. The minimum atomic E-state index is -0.154. The third-order valence-corrected chi connectivity index (χ3v) is 4.44. The highest BCUT2D eigenvalue weighted by atomic mass is 19.1. The maximum Gasteiger partial charge on any atom is 0.200 e. The third kappa shape index (κ3) is 2.77. The van der Waals surface area contributed by atoms with Crippen LogP contribution in [-0.2, 0) is 0 Å². The predicted octanol–water partition coefficient (Wildman–Crippen LogP) is 2.65. The number of nitrogens with zero attached hydrogens (tertiary/aromatic N) is 5. The van der Waals surface area contributed by atoms with Gasteiger partial charge in [0.25, 0.3) is 0 Å². The largest absolute Gasteiger partial charge is 0.379 e. The van der Waals surface area contributed by atoms with E-state index in [1.807, 2.05) is 25.1 Å². The Morgan fingerprint density at radius 3 is 2.79 bits per heavy atom. The van der Waals surface area contributed by atoms with Crippen molar-refractivity contribution in [2.24, 2.45) is 0 Å². The summed E-state index contributed by atoms with van der Waals surface area (Å²) in [5.41, 5.74) is 3.28. The normalized spacial score (nSPS) is 15.8. The van der Waals surface area contributed by atoms with Gasteiger partial charge in [0, 0.05) is 19.1 Å². The topological polar surface area (TPSA) is 58.3 Å². The Labute approximate surface area is 139 Å². The second kappa shape index (κ2) is 6.07. The average molecular weight is 326 g/mol. The zero-order valence-corrected chi connectivity index (χ0v) is 13.5. The number of anilines is 2. The molecular weight excluding hydrogens is 307 g/mol. The van der Waals surface area contributed by atoms with Crippen LogP contribution in [0, 0.1) is 12.7 Å². The lowest BCUT2D eigenvalue weighted by Crippen LogP contribution is -2.39. The van der Waals surface area contributed by atoms with E-state index in [4.69, 9.17) is 0 Å². The first-order valence-electron chi connectivity index (χ1n) is 8.14. The number of benzene rings is 1. The van der Waals surface area contributed by atoms with Crippen molar-refractivity contribution >= 4 is 17.0 Å². The van der Waals surface area contributed by atoms with Crippen molar-refractivity contribution < 1.29 is 4.39 Å². The van der Waals surface area contributed by atoms with Crippen LogP contribution in [-0.4, -0.2) is 38.9 Å². The third-order valence-electron chi connectivity index (χ3n) is 4.44. The van der Waals surface area contributed by atoms with Crippen molar-refractivity contribution in [3.63, 3.8) is 0 Å². The van der Waals surface area contributed by atoms with E-state index >= 15 is 0 Å². The number of aromatic nitrogens is 4. The smallest absolute Gasteiger partial charge is 0.200 e. The fourth-order valence-corrected chi connectivity index (χ4v) is 3.25. The Bertz CT molecular complexity index is 853.